The molecule has 1 fully saturated rings. The van der Waals surface area contributed by atoms with Crippen LogP contribution in [0, 0.1) is 0 Å². The second-order valence-electron chi connectivity index (χ2n) is 7.31. The lowest BCUT2D eigenvalue weighted by Gasteiger charge is -2.29. The molecule has 0 aliphatic carbocycles. The summed E-state index contributed by atoms with van der Waals surface area (Å²) < 4.78 is 6.23. The van der Waals surface area contributed by atoms with E-state index in [0.717, 1.165) is 50.5 Å². The Kier molecular flexibility index (Phi) is 9.32. The molecule has 0 unspecified atom stereocenters. The quantitative estimate of drug-likeness (QED) is 0.542. The highest BCUT2D eigenvalue weighted by molar-refractivity contribution is 5.96. The van der Waals surface area contributed by atoms with E-state index in [1.54, 1.807) is 0 Å². The number of unbranched alkanes of at least 4 members (excludes halogenated alkanes) is 4. The summed E-state index contributed by atoms with van der Waals surface area (Å²) >= 11 is 0. The molecule has 0 saturated carbocycles. The van der Waals surface area contributed by atoms with Crippen molar-refractivity contribution in [2.45, 2.75) is 84.0 Å². The highest BCUT2D eigenvalue weighted by Crippen LogP contribution is 2.22. The maximum Gasteiger partial charge on any atom is 0.324 e. The van der Waals surface area contributed by atoms with E-state index in [4.69, 9.17) is 4.74 Å². The van der Waals surface area contributed by atoms with E-state index in [2.05, 4.69) is 19.2 Å². The lowest BCUT2D eigenvalue weighted by atomic mass is 10.0. The average Bonchev–Trinajstić information content (AvgIpc) is 3.07. The Hall–Kier alpha value is -1.88. The van der Waals surface area contributed by atoms with Crippen molar-refractivity contribution in [2.24, 2.45) is 0 Å². The monoisotopic (exact) mass is 374 g/mol. The second kappa shape index (κ2) is 11.8. The fourth-order valence-corrected chi connectivity index (χ4v) is 3.52. The first kappa shape index (κ1) is 21.4. The normalized spacial score (nSPS) is 17.8. The van der Waals surface area contributed by atoms with Crippen LogP contribution >= 0.6 is 0 Å². The van der Waals surface area contributed by atoms with Crippen molar-refractivity contribution in [1.29, 1.82) is 0 Å². The third kappa shape index (κ3) is 6.65. The van der Waals surface area contributed by atoms with Crippen LogP contribution in [0.25, 0.3) is 0 Å². The first-order valence-electron chi connectivity index (χ1n) is 10.4. The molecule has 5 heteroatoms. The van der Waals surface area contributed by atoms with Crippen molar-refractivity contribution >= 4 is 11.9 Å². The van der Waals surface area contributed by atoms with Crippen LogP contribution in [0.2, 0.25) is 0 Å². The number of hydrogen-bond acceptors (Lipinski definition) is 3. The summed E-state index contributed by atoms with van der Waals surface area (Å²) in [7, 11) is 0. The molecule has 1 aromatic carbocycles. The number of ether oxygens (including phenoxy) is 1. The topological polar surface area (TPSA) is 58.6 Å². The van der Waals surface area contributed by atoms with E-state index in [-0.39, 0.29) is 24.1 Å². The maximum atomic E-state index is 12.7. The molecule has 5 nitrogen and oxygen atoms in total. The molecule has 2 rings (SSSR count). The molecule has 27 heavy (non-hydrogen) atoms. The van der Waals surface area contributed by atoms with Crippen molar-refractivity contribution in [3.05, 3.63) is 35.9 Å². The van der Waals surface area contributed by atoms with Crippen LogP contribution in [0.5, 0.6) is 0 Å². The first-order valence-corrected chi connectivity index (χ1v) is 10.4. The number of nitrogens with zero attached hydrogens (tertiary/aromatic N) is 1. The van der Waals surface area contributed by atoms with E-state index in [1.165, 1.54) is 4.90 Å². The van der Waals surface area contributed by atoms with Gasteiger partial charge in [-0.15, -0.1) is 0 Å². The minimum Gasteiger partial charge on any atom is -0.371 e. The molecule has 0 bridgehead atoms. The van der Waals surface area contributed by atoms with Crippen LogP contribution < -0.4 is 5.32 Å². The van der Waals surface area contributed by atoms with Crippen molar-refractivity contribution in [3.63, 3.8) is 0 Å². The van der Waals surface area contributed by atoms with Crippen molar-refractivity contribution in [2.75, 3.05) is 6.54 Å². The van der Waals surface area contributed by atoms with E-state index in [9.17, 15) is 9.59 Å². The van der Waals surface area contributed by atoms with Gasteiger partial charge in [0.05, 0.1) is 18.8 Å². The molecule has 1 N–H and O–H groups in total. The number of benzene rings is 1. The van der Waals surface area contributed by atoms with Gasteiger partial charge in [0.15, 0.2) is 0 Å². The number of imide groups is 1. The smallest absolute Gasteiger partial charge is 0.324 e. The highest BCUT2D eigenvalue weighted by Gasteiger charge is 2.40. The Morgan fingerprint density at radius 2 is 1.85 bits per heavy atom. The largest absolute Gasteiger partial charge is 0.371 e. The van der Waals surface area contributed by atoms with Gasteiger partial charge in [0.2, 0.25) is 5.91 Å². The average molecular weight is 375 g/mol. The lowest BCUT2D eigenvalue weighted by Crippen LogP contribution is -2.46. The van der Waals surface area contributed by atoms with Crippen molar-refractivity contribution in [3.8, 4) is 0 Å². The van der Waals surface area contributed by atoms with Crippen LogP contribution in [-0.4, -0.2) is 35.5 Å². The van der Waals surface area contributed by atoms with Gasteiger partial charge < -0.3 is 10.1 Å². The number of hydrogen-bond donors (Lipinski definition) is 1. The Morgan fingerprint density at radius 1 is 1.15 bits per heavy atom. The minimum absolute atomic E-state index is 0.0766. The Labute approximate surface area is 163 Å². The van der Waals surface area contributed by atoms with Crippen LogP contribution in [-0.2, 0) is 16.1 Å². The molecule has 3 amide bonds. The van der Waals surface area contributed by atoms with E-state index < -0.39 is 0 Å². The van der Waals surface area contributed by atoms with Crippen LogP contribution in [0.3, 0.4) is 0 Å². The number of urea groups is 1. The Morgan fingerprint density at radius 3 is 2.56 bits per heavy atom. The predicted octanol–water partition coefficient (Wildman–Crippen LogP) is 4.65. The van der Waals surface area contributed by atoms with Gasteiger partial charge in [-0.3, -0.25) is 9.69 Å². The SMILES string of the molecule is CCCCCC(=O)N1C(=O)NC[C@H]1[C@@H](CCCCC)OCc1ccccc1. The number of nitrogens with one attached hydrogen (secondary N) is 1. The third-order valence-electron chi connectivity index (χ3n) is 5.10. The molecule has 1 heterocycles. The molecule has 1 aromatic rings. The summed E-state index contributed by atoms with van der Waals surface area (Å²) in [6, 6.07) is 9.56. The Balaban J connectivity index is 2.03. The van der Waals surface area contributed by atoms with Crippen molar-refractivity contribution < 1.29 is 14.3 Å². The fourth-order valence-electron chi connectivity index (χ4n) is 3.52. The summed E-state index contributed by atoms with van der Waals surface area (Å²) in [4.78, 5) is 26.4. The first-order chi connectivity index (χ1) is 13.2. The van der Waals surface area contributed by atoms with E-state index in [0.29, 0.717) is 19.6 Å². The molecule has 0 radical (unpaired) electrons. The lowest BCUT2D eigenvalue weighted by molar-refractivity contribution is -0.132. The van der Waals surface area contributed by atoms with Gasteiger partial charge in [0.25, 0.3) is 0 Å². The third-order valence-corrected chi connectivity index (χ3v) is 5.10. The zero-order chi connectivity index (χ0) is 19.5. The van der Waals surface area contributed by atoms with Gasteiger partial charge in [-0.2, -0.15) is 0 Å². The van der Waals surface area contributed by atoms with Crippen LogP contribution in [0.1, 0.15) is 70.8 Å². The molecular formula is C22H34N2O3. The van der Waals surface area contributed by atoms with Gasteiger partial charge in [-0.05, 0) is 18.4 Å². The Bertz CT molecular complexity index is 576. The molecule has 0 aromatic heterocycles. The van der Waals surface area contributed by atoms with E-state index in [1.807, 2.05) is 30.3 Å². The standard InChI is InChI=1S/C22H34N2O3/c1-3-5-8-14-20(27-17-18-12-10-7-11-13-18)19-16-23-22(26)24(19)21(25)15-9-6-4-2/h7,10-13,19-20H,3-6,8-9,14-17H2,1-2H3,(H,23,26)/t19-,20+/m0/s1. The summed E-state index contributed by atoms with van der Waals surface area (Å²) in [5, 5.41) is 2.85. The molecule has 0 spiro atoms. The van der Waals surface area contributed by atoms with Gasteiger partial charge in [-0.1, -0.05) is 76.3 Å². The summed E-state index contributed by atoms with van der Waals surface area (Å²) in [5.74, 6) is -0.0766. The van der Waals surface area contributed by atoms with E-state index >= 15 is 0 Å². The van der Waals surface area contributed by atoms with Gasteiger partial charge >= 0.3 is 6.03 Å². The minimum atomic E-state index is -0.273. The molecule has 150 valence electrons. The van der Waals surface area contributed by atoms with Gasteiger partial charge in [0.1, 0.15) is 0 Å². The predicted molar refractivity (Wildman–Crippen MR) is 107 cm³/mol. The molecule has 1 aliphatic rings. The molecule has 1 aliphatic heterocycles. The van der Waals surface area contributed by atoms with Crippen molar-refractivity contribution in [1.82, 2.24) is 10.2 Å². The zero-order valence-electron chi connectivity index (χ0n) is 16.8. The van der Waals surface area contributed by atoms with Gasteiger partial charge in [0, 0.05) is 13.0 Å². The molecular weight excluding hydrogens is 340 g/mol. The summed E-state index contributed by atoms with van der Waals surface area (Å²) in [6.45, 7) is 5.26. The summed E-state index contributed by atoms with van der Waals surface area (Å²) in [6.07, 6.45) is 7.36. The number of carbonyl (C=O) groups is 2. The number of amides is 3. The second-order valence-corrected chi connectivity index (χ2v) is 7.31. The fraction of sp³-hybridized carbons (Fsp3) is 0.636. The van der Waals surface area contributed by atoms with Crippen LogP contribution in [0.15, 0.2) is 30.3 Å². The van der Waals surface area contributed by atoms with Gasteiger partial charge in [-0.25, -0.2) is 4.79 Å². The zero-order valence-corrected chi connectivity index (χ0v) is 16.8. The molecule has 2 atom stereocenters. The summed E-state index contributed by atoms with van der Waals surface area (Å²) in [5.41, 5.74) is 1.11. The molecule has 1 saturated heterocycles. The highest BCUT2D eigenvalue weighted by atomic mass is 16.5. The number of carbonyl (C=O) groups excluding carboxylic acids is 2. The maximum absolute atomic E-state index is 12.7. The number of rotatable bonds is 12. The van der Waals surface area contributed by atoms with Crippen LogP contribution in [0.4, 0.5) is 4.79 Å².